The zero-order valence-corrected chi connectivity index (χ0v) is 13.5. The highest BCUT2D eigenvalue weighted by Crippen LogP contribution is 2.29. The standard InChI is InChI=1S/C15H26BrNO2/c1-2-14-13(8-11-19-14)15(18)17(10-9-16)12-6-4-3-5-7-12/h12-14H,2-11H2,1H3. The summed E-state index contributed by atoms with van der Waals surface area (Å²) >= 11 is 3.50. The molecule has 2 fully saturated rings. The average Bonchev–Trinajstić information content (AvgIpc) is 2.93. The van der Waals surface area contributed by atoms with Crippen LogP contribution in [0.3, 0.4) is 0 Å². The van der Waals surface area contributed by atoms with Crippen LogP contribution in [0.4, 0.5) is 0 Å². The summed E-state index contributed by atoms with van der Waals surface area (Å²) < 4.78 is 5.69. The Morgan fingerprint density at radius 2 is 2.00 bits per heavy atom. The Morgan fingerprint density at radius 1 is 1.26 bits per heavy atom. The Labute approximate surface area is 125 Å². The smallest absolute Gasteiger partial charge is 0.228 e. The van der Waals surface area contributed by atoms with Crippen LogP contribution in [0.2, 0.25) is 0 Å². The van der Waals surface area contributed by atoms with Gasteiger partial charge in [-0.1, -0.05) is 42.1 Å². The molecule has 0 aromatic heterocycles. The molecule has 0 aromatic carbocycles. The minimum absolute atomic E-state index is 0.103. The molecule has 2 atom stereocenters. The largest absolute Gasteiger partial charge is 0.377 e. The highest BCUT2D eigenvalue weighted by Gasteiger charge is 2.37. The lowest BCUT2D eigenvalue weighted by molar-refractivity contribution is -0.140. The lowest BCUT2D eigenvalue weighted by atomic mass is 9.91. The molecule has 0 radical (unpaired) electrons. The van der Waals surface area contributed by atoms with Gasteiger partial charge in [0.1, 0.15) is 0 Å². The minimum atomic E-state index is 0.103. The minimum Gasteiger partial charge on any atom is -0.377 e. The second-order valence-electron chi connectivity index (χ2n) is 5.73. The molecule has 4 heteroatoms. The molecular weight excluding hydrogens is 306 g/mol. The molecule has 1 amide bonds. The Kier molecular flexibility index (Phi) is 6.14. The van der Waals surface area contributed by atoms with Crippen LogP contribution in [0, 0.1) is 5.92 Å². The summed E-state index contributed by atoms with van der Waals surface area (Å²) in [5.41, 5.74) is 0. The quantitative estimate of drug-likeness (QED) is 0.723. The highest BCUT2D eigenvalue weighted by atomic mass is 79.9. The first-order valence-corrected chi connectivity index (χ1v) is 8.88. The average molecular weight is 332 g/mol. The number of nitrogens with zero attached hydrogens (tertiary/aromatic N) is 1. The molecule has 1 saturated carbocycles. The van der Waals surface area contributed by atoms with E-state index in [2.05, 4.69) is 27.8 Å². The van der Waals surface area contributed by atoms with Crippen molar-refractivity contribution < 1.29 is 9.53 Å². The Bertz CT molecular complexity index is 292. The molecule has 2 rings (SSSR count). The number of hydrogen-bond acceptors (Lipinski definition) is 2. The molecule has 110 valence electrons. The van der Waals surface area contributed by atoms with E-state index in [0.29, 0.717) is 11.9 Å². The van der Waals surface area contributed by atoms with Crippen LogP contribution in [-0.2, 0) is 9.53 Å². The molecule has 0 spiro atoms. The third kappa shape index (κ3) is 3.72. The van der Waals surface area contributed by atoms with Gasteiger partial charge >= 0.3 is 0 Å². The van der Waals surface area contributed by atoms with Crippen LogP contribution in [0.1, 0.15) is 51.9 Å². The molecule has 1 aliphatic heterocycles. The summed E-state index contributed by atoms with van der Waals surface area (Å²) in [5.74, 6) is 0.446. The maximum absolute atomic E-state index is 12.8. The van der Waals surface area contributed by atoms with Gasteiger partial charge in [0.2, 0.25) is 5.91 Å². The third-order valence-electron chi connectivity index (χ3n) is 4.55. The van der Waals surface area contributed by atoms with E-state index in [1.807, 2.05) is 0 Å². The van der Waals surface area contributed by atoms with Gasteiger partial charge in [0, 0.05) is 24.5 Å². The number of amides is 1. The lowest BCUT2D eigenvalue weighted by Crippen LogP contribution is -2.47. The van der Waals surface area contributed by atoms with Crippen molar-refractivity contribution in [3.05, 3.63) is 0 Å². The van der Waals surface area contributed by atoms with Crippen LogP contribution in [0.5, 0.6) is 0 Å². The van der Waals surface area contributed by atoms with Crippen molar-refractivity contribution in [1.82, 2.24) is 4.90 Å². The normalized spacial score (nSPS) is 28.5. The summed E-state index contributed by atoms with van der Waals surface area (Å²) in [4.78, 5) is 15.0. The molecule has 1 saturated heterocycles. The maximum atomic E-state index is 12.8. The number of rotatable bonds is 5. The van der Waals surface area contributed by atoms with Gasteiger partial charge in [0.15, 0.2) is 0 Å². The number of carbonyl (C=O) groups is 1. The molecule has 3 nitrogen and oxygen atoms in total. The van der Waals surface area contributed by atoms with Crippen molar-refractivity contribution in [3.8, 4) is 0 Å². The molecule has 0 N–H and O–H groups in total. The Morgan fingerprint density at radius 3 is 2.63 bits per heavy atom. The van der Waals surface area contributed by atoms with Crippen LogP contribution in [-0.4, -0.2) is 41.4 Å². The van der Waals surface area contributed by atoms with E-state index < -0.39 is 0 Å². The Hall–Kier alpha value is -0.0900. The van der Waals surface area contributed by atoms with E-state index in [1.54, 1.807) is 0 Å². The van der Waals surface area contributed by atoms with Crippen molar-refractivity contribution in [2.75, 3.05) is 18.5 Å². The van der Waals surface area contributed by atoms with E-state index >= 15 is 0 Å². The second-order valence-corrected chi connectivity index (χ2v) is 6.52. The van der Waals surface area contributed by atoms with Crippen molar-refractivity contribution in [3.63, 3.8) is 0 Å². The van der Waals surface area contributed by atoms with E-state index in [0.717, 1.165) is 31.3 Å². The molecule has 2 unspecified atom stereocenters. The van der Waals surface area contributed by atoms with Crippen molar-refractivity contribution in [2.24, 2.45) is 5.92 Å². The predicted octanol–water partition coefficient (Wildman–Crippen LogP) is 3.36. The van der Waals surface area contributed by atoms with E-state index in [9.17, 15) is 4.79 Å². The summed E-state index contributed by atoms with van der Waals surface area (Å²) in [6.45, 7) is 3.71. The number of ether oxygens (including phenoxy) is 1. The van der Waals surface area contributed by atoms with Gasteiger partial charge in [0.05, 0.1) is 12.0 Å². The topological polar surface area (TPSA) is 29.5 Å². The van der Waals surface area contributed by atoms with E-state index in [4.69, 9.17) is 4.74 Å². The van der Waals surface area contributed by atoms with Crippen molar-refractivity contribution in [1.29, 1.82) is 0 Å². The van der Waals surface area contributed by atoms with E-state index in [-0.39, 0.29) is 12.0 Å². The first-order chi connectivity index (χ1) is 9.27. The number of carbonyl (C=O) groups excluding carboxylic acids is 1. The maximum Gasteiger partial charge on any atom is 0.228 e. The predicted molar refractivity (Wildman–Crippen MR) is 80.5 cm³/mol. The molecule has 2 aliphatic rings. The van der Waals surface area contributed by atoms with Gasteiger partial charge in [0.25, 0.3) is 0 Å². The Balaban J connectivity index is 2.02. The van der Waals surface area contributed by atoms with Crippen molar-refractivity contribution >= 4 is 21.8 Å². The second kappa shape index (κ2) is 7.63. The summed E-state index contributed by atoms with van der Waals surface area (Å²) in [6, 6.07) is 0.469. The van der Waals surface area contributed by atoms with Crippen molar-refractivity contribution in [2.45, 2.75) is 64.0 Å². The SMILES string of the molecule is CCC1OCCC1C(=O)N(CCBr)C1CCCCC1. The van der Waals surface area contributed by atoms with Gasteiger partial charge in [-0.05, 0) is 25.7 Å². The van der Waals surface area contributed by atoms with E-state index in [1.165, 1.54) is 32.1 Å². The molecule has 0 bridgehead atoms. The molecule has 1 aliphatic carbocycles. The summed E-state index contributed by atoms with van der Waals surface area (Å²) in [6.07, 6.45) is 8.24. The highest BCUT2D eigenvalue weighted by molar-refractivity contribution is 9.09. The fourth-order valence-corrected chi connectivity index (χ4v) is 3.88. The third-order valence-corrected chi connectivity index (χ3v) is 4.91. The first-order valence-electron chi connectivity index (χ1n) is 7.76. The molecule has 1 heterocycles. The molecular formula is C15H26BrNO2. The van der Waals surface area contributed by atoms with Crippen LogP contribution < -0.4 is 0 Å². The van der Waals surface area contributed by atoms with Gasteiger partial charge in [-0.2, -0.15) is 0 Å². The number of alkyl halides is 1. The molecule has 19 heavy (non-hydrogen) atoms. The fourth-order valence-electron chi connectivity index (χ4n) is 3.50. The fraction of sp³-hybridized carbons (Fsp3) is 0.933. The monoisotopic (exact) mass is 331 g/mol. The van der Waals surface area contributed by atoms with Crippen LogP contribution >= 0.6 is 15.9 Å². The van der Waals surface area contributed by atoms with Crippen LogP contribution in [0.25, 0.3) is 0 Å². The van der Waals surface area contributed by atoms with Crippen LogP contribution in [0.15, 0.2) is 0 Å². The van der Waals surface area contributed by atoms with Gasteiger partial charge < -0.3 is 9.64 Å². The summed E-state index contributed by atoms with van der Waals surface area (Å²) in [5, 5.41) is 0.875. The zero-order valence-electron chi connectivity index (χ0n) is 11.9. The van der Waals surface area contributed by atoms with Gasteiger partial charge in [-0.3, -0.25) is 4.79 Å². The van der Waals surface area contributed by atoms with Gasteiger partial charge in [-0.25, -0.2) is 0 Å². The van der Waals surface area contributed by atoms with Gasteiger partial charge in [-0.15, -0.1) is 0 Å². The molecule has 0 aromatic rings. The number of halogens is 1. The lowest BCUT2D eigenvalue weighted by Gasteiger charge is -2.36. The zero-order chi connectivity index (χ0) is 13.7. The first kappa shape index (κ1) is 15.3. The summed E-state index contributed by atoms with van der Waals surface area (Å²) in [7, 11) is 0. The number of hydrogen-bond donors (Lipinski definition) is 0.